The van der Waals surface area contributed by atoms with Crippen LogP contribution in [0.15, 0.2) is 45.9 Å². The second-order valence-electron chi connectivity index (χ2n) is 9.49. The van der Waals surface area contributed by atoms with Crippen molar-refractivity contribution in [1.82, 2.24) is 9.80 Å². The number of nitrogens with zero attached hydrogens (tertiary/aromatic N) is 3. The Bertz CT molecular complexity index is 952. The van der Waals surface area contributed by atoms with E-state index in [0.717, 1.165) is 34.5 Å². The minimum absolute atomic E-state index is 0.714. The molecule has 4 saturated heterocycles. The number of rotatable bonds is 1. The first-order valence-electron chi connectivity index (χ1n) is 11.5. The van der Waals surface area contributed by atoms with Crippen molar-refractivity contribution in [2.75, 3.05) is 19.6 Å². The van der Waals surface area contributed by atoms with Crippen LogP contribution in [0.25, 0.3) is 10.8 Å². The molecule has 152 valence electrons. The van der Waals surface area contributed by atoms with E-state index < -0.39 is 0 Å². The molecule has 29 heavy (non-hydrogen) atoms. The second kappa shape index (κ2) is 7.39. The van der Waals surface area contributed by atoms with Gasteiger partial charge in [-0.2, -0.15) is 0 Å². The van der Waals surface area contributed by atoms with E-state index in [4.69, 9.17) is 4.99 Å². The Morgan fingerprint density at radius 1 is 0.897 bits per heavy atom. The van der Waals surface area contributed by atoms with Crippen LogP contribution < -0.4 is 0 Å². The first kappa shape index (κ1) is 18.4. The predicted molar refractivity (Wildman–Crippen MR) is 124 cm³/mol. The summed E-state index contributed by atoms with van der Waals surface area (Å²) in [5, 5.41) is 2.52. The van der Waals surface area contributed by atoms with Crippen molar-refractivity contribution in [2.45, 2.75) is 57.0 Å². The number of amidine groups is 1. The van der Waals surface area contributed by atoms with Crippen molar-refractivity contribution in [2.24, 2.45) is 16.8 Å². The lowest BCUT2D eigenvalue weighted by Gasteiger charge is -2.59. The molecule has 0 aromatic heterocycles. The molecular formula is C25H30BrN3. The lowest BCUT2D eigenvalue weighted by Crippen LogP contribution is -2.66. The van der Waals surface area contributed by atoms with Gasteiger partial charge in [0.25, 0.3) is 0 Å². The molecule has 4 fully saturated rings. The Hall–Kier alpha value is -1.39. The van der Waals surface area contributed by atoms with Gasteiger partial charge in [-0.25, -0.2) is 4.99 Å². The van der Waals surface area contributed by atoms with Crippen molar-refractivity contribution in [3.05, 3.63) is 40.9 Å². The maximum Gasteiger partial charge on any atom is 0.105 e. The number of aliphatic imine (C=N–C) groups is 1. The third-order valence-electron chi connectivity index (χ3n) is 8.00. The average molecular weight is 452 g/mol. The van der Waals surface area contributed by atoms with Crippen molar-refractivity contribution in [1.29, 1.82) is 0 Å². The topological polar surface area (TPSA) is 18.8 Å². The van der Waals surface area contributed by atoms with Gasteiger partial charge in [-0.05, 0) is 81.0 Å². The molecule has 0 spiro atoms. The molecule has 0 bridgehead atoms. The summed E-state index contributed by atoms with van der Waals surface area (Å²) in [6.07, 6.45) is 9.40. The Morgan fingerprint density at radius 2 is 1.72 bits per heavy atom. The van der Waals surface area contributed by atoms with Crippen molar-refractivity contribution >= 4 is 38.2 Å². The molecule has 6 rings (SSSR count). The molecule has 4 aliphatic rings. The molecule has 0 unspecified atom stereocenters. The van der Waals surface area contributed by atoms with Crippen molar-refractivity contribution in [3.8, 4) is 0 Å². The maximum atomic E-state index is 5.32. The lowest BCUT2D eigenvalue weighted by atomic mass is 9.68. The van der Waals surface area contributed by atoms with Crippen LogP contribution in [0.4, 0.5) is 5.69 Å². The second-order valence-corrected chi connectivity index (χ2v) is 10.3. The van der Waals surface area contributed by atoms with Crippen LogP contribution in [-0.4, -0.2) is 47.4 Å². The number of piperidine rings is 4. The fraction of sp³-hybridized carbons (Fsp3) is 0.560. The molecule has 0 amide bonds. The van der Waals surface area contributed by atoms with Gasteiger partial charge < -0.3 is 4.90 Å². The number of fused-ring (bicyclic) bond motifs is 3. The van der Waals surface area contributed by atoms with Gasteiger partial charge in [-0.15, -0.1) is 0 Å². The fourth-order valence-electron chi connectivity index (χ4n) is 6.88. The summed E-state index contributed by atoms with van der Waals surface area (Å²) in [5.74, 6) is 3.06. The monoisotopic (exact) mass is 451 g/mol. The zero-order chi connectivity index (χ0) is 19.4. The SMILES string of the molecule is Brc1ccc(N=C2CCC[C@@H]3[C@H]4CCCN5CCC[C@H](CN23)[C@@H]45)c2ccccc12. The lowest BCUT2D eigenvalue weighted by molar-refractivity contribution is -0.0604. The minimum Gasteiger partial charge on any atom is -0.356 e. The highest BCUT2D eigenvalue weighted by Crippen LogP contribution is 2.45. The van der Waals surface area contributed by atoms with Crippen LogP contribution in [0.1, 0.15) is 44.9 Å². The number of benzene rings is 2. The Labute approximate surface area is 182 Å². The average Bonchev–Trinajstić information content (AvgIpc) is 2.77. The highest BCUT2D eigenvalue weighted by atomic mass is 79.9. The molecule has 0 N–H and O–H groups in total. The number of hydrogen-bond acceptors (Lipinski definition) is 2. The summed E-state index contributed by atoms with van der Waals surface area (Å²) < 4.78 is 1.16. The van der Waals surface area contributed by atoms with Gasteiger partial charge in [0, 0.05) is 34.9 Å². The Balaban J connectivity index is 1.39. The Kier molecular flexibility index (Phi) is 4.68. The van der Waals surface area contributed by atoms with E-state index in [1.807, 2.05) is 0 Å². The van der Waals surface area contributed by atoms with Gasteiger partial charge in [0.1, 0.15) is 5.84 Å². The van der Waals surface area contributed by atoms with Gasteiger partial charge in [-0.3, -0.25) is 4.90 Å². The fourth-order valence-corrected chi connectivity index (χ4v) is 7.36. The quantitative estimate of drug-likeness (QED) is 0.529. The first-order valence-corrected chi connectivity index (χ1v) is 12.3. The molecule has 0 aliphatic carbocycles. The van der Waals surface area contributed by atoms with Crippen LogP contribution in [0.5, 0.6) is 0 Å². The van der Waals surface area contributed by atoms with E-state index >= 15 is 0 Å². The van der Waals surface area contributed by atoms with E-state index in [9.17, 15) is 0 Å². The van der Waals surface area contributed by atoms with E-state index in [1.54, 1.807) is 0 Å². The van der Waals surface area contributed by atoms with Gasteiger partial charge in [-0.1, -0.05) is 40.2 Å². The highest BCUT2D eigenvalue weighted by molar-refractivity contribution is 9.10. The van der Waals surface area contributed by atoms with Gasteiger partial charge in [0.2, 0.25) is 0 Å². The molecule has 0 radical (unpaired) electrons. The van der Waals surface area contributed by atoms with Gasteiger partial charge in [0.05, 0.1) is 5.69 Å². The van der Waals surface area contributed by atoms with Crippen molar-refractivity contribution < 1.29 is 0 Å². The molecule has 2 aromatic rings. The molecule has 4 atom stereocenters. The van der Waals surface area contributed by atoms with Crippen LogP contribution in [0.3, 0.4) is 0 Å². The largest absolute Gasteiger partial charge is 0.356 e. The Morgan fingerprint density at radius 3 is 2.62 bits per heavy atom. The van der Waals surface area contributed by atoms with Crippen LogP contribution in [0, 0.1) is 11.8 Å². The molecule has 3 nitrogen and oxygen atoms in total. The summed E-state index contributed by atoms with van der Waals surface area (Å²) >= 11 is 3.72. The zero-order valence-corrected chi connectivity index (χ0v) is 18.7. The summed E-state index contributed by atoms with van der Waals surface area (Å²) in [7, 11) is 0. The maximum absolute atomic E-state index is 5.32. The molecule has 4 heteroatoms. The van der Waals surface area contributed by atoms with Gasteiger partial charge in [0.15, 0.2) is 0 Å². The molecule has 4 heterocycles. The molecule has 2 aromatic carbocycles. The van der Waals surface area contributed by atoms with Crippen molar-refractivity contribution in [3.63, 3.8) is 0 Å². The summed E-state index contributed by atoms with van der Waals surface area (Å²) in [4.78, 5) is 10.9. The molecular weight excluding hydrogens is 422 g/mol. The normalized spacial score (nSPS) is 33.6. The third-order valence-corrected chi connectivity index (χ3v) is 8.69. The summed E-state index contributed by atoms with van der Waals surface area (Å²) in [6, 6.07) is 14.6. The van der Waals surface area contributed by atoms with Crippen LogP contribution in [-0.2, 0) is 0 Å². The van der Waals surface area contributed by atoms with E-state index in [0.29, 0.717) is 6.04 Å². The minimum atomic E-state index is 0.714. The van der Waals surface area contributed by atoms with E-state index in [-0.39, 0.29) is 0 Å². The van der Waals surface area contributed by atoms with Gasteiger partial charge >= 0.3 is 0 Å². The number of halogens is 1. The summed E-state index contributed by atoms with van der Waals surface area (Å²) in [5.41, 5.74) is 1.13. The highest BCUT2D eigenvalue weighted by Gasteiger charge is 2.49. The predicted octanol–water partition coefficient (Wildman–Crippen LogP) is 5.99. The summed E-state index contributed by atoms with van der Waals surface area (Å²) in [6.45, 7) is 3.92. The van der Waals surface area contributed by atoms with Crippen LogP contribution in [0.2, 0.25) is 0 Å². The number of hydrogen-bond donors (Lipinski definition) is 0. The van der Waals surface area contributed by atoms with Crippen LogP contribution >= 0.6 is 15.9 Å². The zero-order valence-electron chi connectivity index (χ0n) is 17.1. The third kappa shape index (κ3) is 3.06. The smallest absolute Gasteiger partial charge is 0.105 e. The first-order chi connectivity index (χ1) is 14.3. The van der Waals surface area contributed by atoms with E-state index in [2.05, 4.69) is 62.1 Å². The standard InChI is InChI=1S/C25H30BrN3/c26-21-12-13-22(19-8-2-1-7-18(19)21)27-24-11-3-10-23-20-9-5-15-28-14-4-6-17(25(20)28)16-29(23)24/h1-2,7-8,12-13,17,20,23,25H,3-6,9-11,14-16H2/t17-,20-,23-,25+/m1/s1. The molecule has 0 saturated carbocycles. The van der Waals surface area contributed by atoms with E-state index in [1.165, 1.54) is 74.8 Å². The molecule has 4 aliphatic heterocycles.